The van der Waals surface area contributed by atoms with Crippen molar-refractivity contribution in [3.05, 3.63) is 102 Å². The molecule has 3 heterocycles. The Balaban J connectivity index is 1.13. The molecule has 7 nitrogen and oxygen atoms in total. The molecule has 1 saturated carbocycles. The molecular formula is C33H31FN6OS. The average molecular weight is 579 g/mol. The first kappa shape index (κ1) is 26.7. The molecule has 42 heavy (non-hydrogen) atoms. The lowest BCUT2D eigenvalue weighted by Crippen LogP contribution is -2.25. The van der Waals surface area contributed by atoms with Crippen molar-refractivity contribution in [3.63, 3.8) is 0 Å². The van der Waals surface area contributed by atoms with Gasteiger partial charge in [0.05, 0.1) is 29.8 Å². The average Bonchev–Trinajstić information content (AvgIpc) is 3.55. The molecule has 3 aromatic carbocycles. The highest BCUT2D eigenvalue weighted by Gasteiger charge is 2.24. The van der Waals surface area contributed by atoms with Crippen LogP contribution in [-0.4, -0.2) is 38.3 Å². The minimum atomic E-state index is -0.246. The first-order valence-corrected chi connectivity index (χ1v) is 15.6. The third kappa shape index (κ3) is 5.75. The molecule has 0 radical (unpaired) electrons. The molecule has 6 aromatic rings. The number of hydrogen-bond donors (Lipinski definition) is 2. The summed E-state index contributed by atoms with van der Waals surface area (Å²) < 4.78 is 21.9. The van der Waals surface area contributed by atoms with E-state index < -0.39 is 0 Å². The lowest BCUT2D eigenvalue weighted by atomic mass is 10.1. The second kappa shape index (κ2) is 11.6. The maximum Gasteiger partial charge on any atom is 0.141 e. The number of benzene rings is 3. The predicted octanol–water partition coefficient (Wildman–Crippen LogP) is 7.57. The van der Waals surface area contributed by atoms with Gasteiger partial charge in [-0.25, -0.2) is 14.4 Å². The van der Waals surface area contributed by atoms with Gasteiger partial charge in [0, 0.05) is 27.8 Å². The molecule has 212 valence electrons. The quantitative estimate of drug-likeness (QED) is 0.164. The molecule has 0 unspecified atom stereocenters. The van der Waals surface area contributed by atoms with E-state index in [1.807, 2.05) is 59.0 Å². The third-order valence-corrected chi connectivity index (χ3v) is 8.37. The topological polar surface area (TPSA) is 80.8 Å². The van der Waals surface area contributed by atoms with Crippen LogP contribution in [0.4, 0.5) is 15.9 Å². The van der Waals surface area contributed by atoms with Crippen LogP contribution in [0.1, 0.15) is 30.2 Å². The second-order valence-corrected chi connectivity index (χ2v) is 11.8. The monoisotopic (exact) mass is 578 g/mol. The van der Waals surface area contributed by atoms with Crippen LogP contribution < -0.4 is 10.6 Å². The van der Waals surface area contributed by atoms with Crippen molar-refractivity contribution in [1.29, 1.82) is 0 Å². The predicted molar refractivity (Wildman–Crippen MR) is 168 cm³/mol. The molecule has 2 N–H and O–H groups in total. The number of fused-ring (bicyclic) bond motifs is 2. The molecule has 1 atom stereocenters. The van der Waals surface area contributed by atoms with Gasteiger partial charge in [-0.2, -0.15) is 16.9 Å². The van der Waals surface area contributed by atoms with Crippen molar-refractivity contribution in [3.8, 4) is 11.3 Å². The first-order valence-electron chi connectivity index (χ1n) is 14.2. The van der Waals surface area contributed by atoms with Crippen LogP contribution in [0.2, 0.25) is 0 Å². The summed E-state index contributed by atoms with van der Waals surface area (Å²) >= 11 is 1.82. The Bertz CT molecular complexity index is 1860. The summed E-state index contributed by atoms with van der Waals surface area (Å²) in [6.45, 7) is 1.54. The Morgan fingerprint density at radius 1 is 1.05 bits per heavy atom. The lowest BCUT2D eigenvalue weighted by Gasteiger charge is -2.15. The van der Waals surface area contributed by atoms with E-state index in [-0.39, 0.29) is 11.9 Å². The fraction of sp³-hybridized carbons (Fsp3) is 0.242. The van der Waals surface area contributed by atoms with Gasteiger partial charge in [0.2, 0.25) is 0 Å². The summed E-state index contributed by atoms with van der Waals surface area (Å²) in [5.41, 5.74) is 4.55. The summed E-state index contributed by atoms with van der Waals surface area (Å²) in [6, 6.07) is 23.1. The van der Waals surface area contributed by atoms with Crippen LogP contribution in [0.25, 0.3) is 33.1 Å². The molecule has 1 aliphatic carbocycles. The van der Waals surface area contributed by atoms with E-state index in [4.69, 9.17) is 4.42 Å². The van der Waals surface area contributed by atoms with Crippen molar-refractivity contribution in [2.75, 3.05) is 23.9 Å². The van der Waals surface area contributed by atoms with E-state index in [0.717, 1.165) is 68.4 Å². The van der Waals surface area contributed by atoms with Crippen molar-refractivity contribution >= 4 is 45.1 Å². The normalized spacial score (nSPS) is 14.0. The zero-order chi connectivity index (χ0) is 28.5. The van der Waals surface area contributed by atoms with Gasteiger partial charge >= 0.3 is 0 Å². The van der Waals surface area contributed by atoms with E-state index in [2.05, 4.69) is 50.2 Å². The summed E-state index contributed by atoms with van der Waals surface area (Å²) in [4.78, 5) is 9.06. The smallest absolute Gasteiger partial charge is 0.141 e. The van der Waals surface area contributed by atoms with E-state index >= 15 is 0 Å². The largest absolute Gasteiger partial charge is 0.459 e. The lowest BCUT2D eigenvalue weighted by molar-refractivity contribution is 0.437. The Kier molecular flexibility index (Phi) is 7.36. The Labute approximate surface area is 247 Å². The fourth-order valence-electron chi connectivity index (χ4n) is 5.28. The summed E-state index contributed by atoms with van der Waals surface area (Å²) in [5.74, 6) is 4.04. The van der Waals surface area contributed by atoms with Crippen LogP contribution in [-0.2, 0) is 6.54 Å². The molecule has 0 bridgehead atoms. The van der Waals surface area contributed by atoms with Crippen LogP contribution in [0, 0.1) is 11.7 Å². The van der Waals surface area contributed by atoms with Crippen LogP contribution in [0.5, 0.6) is 0 Å². The zero-order valence-corrected chi connectivity index (χ0v) is 24.1. The molecule has 7 rings (SSSR count). The van der Waals surface area contributed by atoms with Gasteiger partial charge in [-0.3, -0.25) is 4.68 Å². The molecule has 0 amide bonds. The number of nitrogens with one attached hydrogen (secondary N) is 2. The Hall–Kier alpha value is -4.21. The van der Waals surface area contributed by atoms with Gasteiger partial charge in [-0.15, -0.1) is 0 Å². The standard InChI is InChI=1S/C33H31FN6OS/c1-42-19-29(35-16-21-5-6-21)32-12-11-31(41-32)23-7-9-28-27(15-23)33(37-20-36-28)39-26-8-10-30-24(14-26)17-38-40(30)18-22-3-2-4-25(34)13-22/h2-4,7-15,17,20-21,29,35H,5-6,16,18-19H2,1H3,(H,36,37,39)/t29-/m1/s1. The summed E-state index contributed by atoms with van der Waals surface area (Å²) in [6.07, 6.45) is 8.18. The number of halogens is 1. The van der Waals surface area contributed by atoms with E-state index in [1.54, 1.807) is 12.4 Å². The third-order valence-electron chi connectivity index (χ3n) is 7.70. The van der Waals surface area contributed by atoms with Crippen LogP contribution in [0.3, 0.4) is 0 Å². The van der Waals surface area contributed by atoms with Crippen LogP contribution >= 0.6 is 11.8 Å². The van der Waals surface area contributed by atoms with E-state index in [1.165, 1.54) is 25.0 Å². The molecule has 1 aliphatic rings. The van der Waals surface area contributed by atoms with Gasteiger partial charge in [-0.1, -0.05) is 12.1 Å². The zero-order valence-electron chi connectivity index (χ0n) is 23.3. The number of thioether (sulfide) groups is 1. The molecular weight excluding hydrogens is 547 g/mol. The number of rotatable bonds is 11. The molecule has 9 heteroatoms. The number of nitrogens with zero attached hydrogens (tertiary/aromatic N) is 4. The van der Waals surface area contributed by atoms with Crippen LogP contribution in [0.15, 0.2) is 89.7 Å². The van der Waals surface area contributed by atoms with Crippen molar-refractivity contribution in [2.24, 2.45) is 5.92 Å². The van der Waals surface area contributed by atoms with Crippen molar-refractivity contribution < 1.29 is 8.81 Å². The number of anilines is 2. The highest BCUT2D eigenvalue weighted by molar-refractivity contribution is 7.98. The van der Waals surface area contributed by atoms with Gasteiger partial charge in [0.25, 0.3) is 0 Å². The Morgan fingerprint density at radius 2 is 1.98 bits per heavy atom. The number of hydrogen-bond acceptors (Lipinski definition) is 7. The molecule has 0 aliphatic heterocycles. The minimum absolute atomic E-state index is 0.198. The highest BCUT2D eigenvalue weighted by Crippen LogP contribution is 2.33. The molecule has 3 aromatic heterocycles. The summed E-state index contributed by atoms with van der Waals surface area (Å²) in [7, 11) is 0. The van der Waals surface area contributed by atoms with Crippen molar-refractivity contribution in [2.45, 2.75) is 25.4 Å². The van der Waals surface area contributed by atoms with Crippen molar-refractivity contribution in [1.82, 2.24) is 25.1 Å². The number of aromatic nitrogens is 4. The minimum Gasteiger partial charge on any atom is -0.459 e. The second-order valence-electron chi connectivity index (χ2n) is 10.8. The number of furan rings is 1. The van der Waals surface area contributed by atoms with Gasteiger partial charge in [0.1, 0.15) is 29.5 Å². The van der Waals surface area contributed by atoms with Gasteiger partial charge < -0.3 is 15.1 Å². The van der Waals surface area contributed by atoms with E-state index in [0.29, 0.717) is 12.4 Å². The maximum atomic E-state index is 13.7. The molecule has 0 spiro atoms. The maximum absolute atomic E-state index is 13.7. The molecule has 1 fully saturated rings. The first-order chi connectivity index (χ1) is 20.6. The summed E-state index contributed by atoms with van der Waals surface area (Å²) in [5, 5.41) is 13.6. The van der Waals surface area contributed by atoms with E-state index in [9.17, 15) is 4.39 Å². The Morgan fingerprint density at radius 3 is 2.83 bits per heavy atom. The highest BCUT2D eigenvalue weighted by atomic mass is 32.2. The molecule has 0 saturated heterocycles. The fourth-order valence-corrected chi connectivity index (χ4v) is 5.90. The van der Waals surface area contributed by atoms with Gasteiger partial charge in [-0.05, 0) is 97.8 Å². The van der Waals surface area contributed by atoms with Gasteiger partial charge in [0.15, 0.2) is 0 Å². The SMILES string of the molecule is CSC[C@@H](NCC1CC1)c1ccc(-c2ccc3ncnc(Nc4ccc5c(cnn5Cc5cccc(F)c5)c4)c3c2)o1.